The lowest BCUT2D eigenvalue weighted by atomic mass is 9.65. The predicted molar refractivity (Wildman–Crippen MR) is 60.7 cm³/mol. The number of rotatable bonds is 1. The van der Waals surface area contributed by atoms with Gasteiger partial charge in [0.15, 0.2) is 0 Å². The quantitative estimate of drug-likeness (QED) is 0.724. The summed E-state index contributed by atoms with van der Waals surface area (Å²) in [5.41, 5.74) is -0.438. The minimum Gasteiger partial charge on any atom is -0.389 e. The van der Waals surface area contributed by atoms with Crippen LogP contribution in [0.2, 0.25) is 0 Å². The van der Waals surface area contributed by atoms with Gasteiger partial charge in [0.05, 0.1) is 12.2 Å². The van der Waals surface area contributed by atoms with Gasteiger partial charge in [-0.15, -0.1) is 0 Å². The summed E-state index contributed by atoms with van der Waals surface area (Å²) in [6, 6.07) is 0. The zero-order valence-corrected chi connectivity index (χ0v) is 10.0. The molecule has 2 aliphatic rings. The highest BCUT2D eigenvalue weighted by molar-refractivity contribution is 4.95. The molecule has 1 saturated heterocycles. The van der Waals surface area contributed by atoms with Crippen LogP contribution in [-0.4, -0.2) is 23.9 Å². The molecule has 2 rings (SSSR count). The van der Waals surface area contributed by atoms with Crippen molar-refractivity contribution in [2.45, 2.75) is 51.6 Å². The van der Waals surface area contributed by atoms with E-state index in [1.807, 2.05) is 0 Å². The Hall–Kier alpha value is -0.0800. The SMILES string of the molecule is CC1CCC(O)(C2CCCOC2)C(C)C1. The lowest BCUT2D eigenvalue weighted by Crippen LogP contribution is -2.50. The third-order valence-corrected chi connectivity index (χ3v) is 4.51. The van der Waals surface area contributed by atoms with Gasteiger partial charge >= 0.3 is 0 Å². The third kappa shape index (κ3) is 2.21. The molecule has 0 spiro atoms. The summed E-state index contributed by atoms with van der Waals surface area (Å²) in [5.74, 6) is 1.60. The summed E-state index contributed by atoms with van der Waals surface area (Å²) in [7, 11) is 0. The van der Waals surface area contributed by atoms with Gasteiger partial charge in [-0.3, -0.25) is 0 Å². The van der Waals surface area contributed by atoms with E-state index in [4.69, 9.17) is 4.74 Å². The summed E-state index contributed by atoms with van der Waals surface area (Å²) in [6.07, 6.45) is 5.60. The summed E-state index contributed by atoms with van der Waals surface area (Å²) < 4.78 is 5.52. The lowest BCUT2D eigenvalue weighted by Gasteiger charge is -2.47. The van der Waals surface area contributed by atoms with E-state index in [0.717, 1.165) is 38.4 Å². The highest BCUT2D eigenvalue weighted by Crippen LogP contribution is 2.43. The third-order valence-electron chi connectivity index (χ3n) is 4.51. The zero-order valence-electron chi connectivity index (χ0n) is 10.0. The summed E-state index contributed by atoms with van der Waals surface area (Å²) in [5, 5.41) is 10.8. The fourth-order valence-electron chi connectivity index (χ4n) is 3.39. The van der Waals surface area contributed by atoms with Crippen molar-refractivity contribution in [3.8, 4) is 0 Å². The predicted octanol–water partition coefficient (Wildman–Crippen LogP) is 2.60. The highest BCUT2D eigenvalue weighted by Gasteiger charge is 2.44. The van der Waals surface area contributed by atoms with E-state index in [2.05, 4.69) is 13.8 Å². The van der Waals surface area contributed by atoms with Crippen molar-refractivity contribution in [1.82, 2.24) is 0 Å². The average molecular weight is 212 g/mol. The van der Waals surface area contributed by atoms with Gasteiger partial charge in [-0.05, 0) is 43.9 Å². The Balaban J connectivity index is 2.03. The molecule has 1 heterocycles. The van der Waals surface area contributed by atoms with Crippen molar-refractivity contribution in [1.29, 1.82) is 0 Å². The summed E-state index contributed by atoms with van der Waals surface area (Å²) in [4.78, 5) is 0. The molecule has 88 valence electrons. The second-order valence-electron chi connectivity index (χ2n) is 5.69. The van der Waals surface area contributed by atoms with Gasteiger partial charge in [-0.2, -0.15) is 0 Å². The molecule has 0 aromatic rings. The first-order chi connectivity index (χ1) is 7.13. The van der Waals surface area contributed by atoms with Crippen molar-refractivity contribution in [3.05, 3.63) is 0 Å². The van der Waals surface area contributed by atoms with E-state index in [1.165, 1.54) is 12.8 Å². The average Bonchev–Trinajstić information content (AvgIpc) is 2.25. The maximum atomic E-state index is 10.8. The molecule has 1 aliphatic heterocycles. The molecule has 15 heavy (non-hydrogen) atoms. The van der Waals surface area contributed by atoms with Crippen LogP contribution in [0.5, 0.6) is 0 Å². The van der Waals surface area contributed by atoms with Gasteiger partial charge in [0.2, 0.25) is 0 Å². The van der Waals surface area contributed by atoms with Crippen LogP contribution in [0.4, 0.5) is 0 Å². The molecule has 2 heteroatoms. The van der Waals surface area contributed by atoms with Gasteiger partial charge in [0.25, 0.3) is 0 Å². The van der Waals surface area contributed by atoms with E-state index >= 15 is 0 Å². The van der Waals surface area contributed by atoms with Crippen LogP contribution in [0.15, 0.2) is 0 Å². The van der Waals surface area contributed by atoms with E-state index in [9.17, 15) is 5.11 Å². The molecule has 1 aliphatic carbocycles. The minimum atomic E-state index is -0.438. The van der Waals surface area contributed by atoms with Crippen molar-refractivity contribution in [2.24, 2.45) is 17.8 Å². The van der Waals surface area contributed by atoms with Gasteiger partial charge in [0.1, 0.15) is 0 Å². The van der Waals surface area contributed by atoms with Crippen LogP contribution >= 0.6 is 0 Å². The highest BCUT2D eigenvalue weighted by atomic mass is 16.5. The van der Waals surface area contributed by atoms with Crippen LogP contribution in [-0.2, 0) is 4.74 Å². The van der Waals surface area contributed by atoms with E-state index in [-0.39, 0.29) is 0 Å². The van der Waals surface area contributed by atoms with E-state index in [1.54, 1.807) is 0 Å². The second kappa shape index (κ2) is 4.42. The molecule has 4 unspecified atom stereocenters. The summed E-state index contributed by atoms with van der Waals surface area (Å²) >= 11 is 0. The standard InChI is InChI=1S/C13H24O2/c1-10-5-6-13(14,11(2)8-10)12-4-3-7-15-9-12/h10-12,14H,3-9H2,1-2H3. The molecular formula is C13H24O2. The first-order valence-corrected chi connectivity index (χ1v) is 6.43. The van der Waals surface area contributed by atoms with Gasteiger partial charge in [-0.1, -0.05) is 13.8 Å². The monoisotopic (exact) mass is 212 g/mol. The largest absolute Gasteiger partial charge is 0.389 e. The Morgan fingerprint density at radius 2 is 2.07 bits per heavy atom. The molecule has 0 radical (unpaired) electrons. The number of hydrogen-bond donors (Lipinski definition) is 1. The molecule has 1 saturated carbocycles. The fourth-order valence-corrected chi connectivity index (χ4v) is 3.39. The zero-order chi connectivity index (χ0) is 10.9. The summed E-state index contributed by atoms with van der Waals surface area (Å²) in [6.45, 7) is 6.17. The van der Waals surface area contributed by atoms with Crippen LogP contribution in [0.25, 0.3) is 0 Å². The number of aliphatic hydroxyl groups is 1. The smallest absolute Gasteiger partial charge is 0.0723 e. The van der Waals surface area contributed by atoms with Crippen LogP contribution < -0.4 is 0 Å². The van der Waals surface area contributed by atoms with Crippen molar-refractivity contribution in [2.75, 3.05) is 13.2 Å². The number of hydrogen-bond acceptors (Lipinski definition) is 2. The Morgan fingerprint density at radius 1 is 1.27 bits per heavy atom. The molecular weight excluding hydrogens is 188 g/mol. The fraction of sp³-hybridized carbons (Fsp3) is 1.00. The molecule has 0 aromatic heterocycles. The normalized spacial score (nSPS) is 47.8. The lowest BCUT2D eigenvalue weighted by molar-refractivity contribution is -0.133. The van der Waals surface area contributed by atoms with Crippen molar-refractivity contribution < 1.29 is 9.84 Å². The number of ether oxygens (including phenoxy) is 1. The topological polar surface area (TPSA) is 29.5 Å². The Bertz CT molecular complexity index is 211. The maximum absolute atomic E-state index is 10.8. The molecule has 4 atom stereocenters. The van der Waals surface area contributed by atoms with Gasteiger partial charge in [0, 0.05) is 12.5 Å². The second-order valence-corrected chi connectivity index (χ2v) is 5.69. The van der Waals surface area contributed by atoms with Gasteiger partial charge < -0.3 is 9.84 Å². The minimum absolute atomic E-state index is 0.383. The Morgan fingerprint density at radius 3 is 2.67 bits per heavy atom. The van der Waals surface area contributed by atoms with E-state index < -0.39 is 5.60 Å². The molecule has 0 bridgehead atoms. The Labute approximate surface area is 93.0 Å². The first-order valence-electron chi connectivity index (χ1n) is 6.43. The van der Waals surface area contributed by atoms with Crippen molar-refractivity contribution in [3.63, 3.8) is 0 Å². The van der Waals surface area contributed by atoms with E-state index in [0.29, 0.717) is 11.8 Å². The Kier molecular flexibility index (Phi) is 3.36. The van der Waals surface area contributed by atoms with Crippen LogP contribution in [0.3, 0.4) is 0 Å². The van der Waals surface area contributed by atoms with Crippen LogP contribution in [0, 0.1) is 17.8 Å². The molecule has 0 aromatic carbocycles. The van der Waals surface area contributed by atoms with Crippen LogP contribution in [0.1, 0.15) is 46.0 Å². The first kappa shape index (κ1) is 11.4. The molecule has 2 nitrogen and oxygen atoms in total. The molecule has 0 amide bonds. The van der Waals surface area contributed by atoms with Gasteiger partial charge in [-0.25, -0.2) is 0 Å². The molecule has 1 N–H and O–H groups in total. The molecule has 2 fully saturated rings. The maximum Gasteiger partial charge on any atom is 0.0723 e. The van der Waals surface area contributed by atoms with Crippen molar-refractivity contribution >= 4 is 0 Å².